The van der Waals surface area contributed by atoms with E-state index in [1.807, 2.05) is 26.0 Å². The van der Waals surface area contributed by atoms with E-state index in [2.05, 4.69) is 4.90 Å². The fraction of sp³-hybridized carbons (Fsp3) is 0.500. The molecule has 0 spiro atoms. The maximum absolute atomic E-state index is 12.4. The lowest BCUT2D eigenvalue weighted by Gasteiger charge is -2.21. The Morgan fingerprint density at radius 2 is 1.82 bits per heavy atom. The van der Waals surface area contributed by atoms with Crippen LogP contribution < -0.4 is 4.90 Å². The molecule has 0 fully saturated rings. The molecule has 2 rings (SSSR count). The van der Waals surface area contributed by atoms with Crippen LogP contribution in [0.25, 0.3) is 0 Å². The Labute approximate surface area is 103 Å². The highest BCUT2D eigenvalue weighted by atomic mass is 32.2. The van der Waals surface area contributed by atoms with Crippen LogP contribution in [-0.4, -0.2) is 38.9 Å². The van der Waals surface area contributed by atoms with Crippen molar-refractivity contribution in [2.24, 2.45) is 0 Å². The lowest BCUT2D eigenvalue weighted by molar-refractivity contribution is 0.437. The second kappa shape index (κ2) is 4.66. The Balaban J connectivity index is 2.60. The minimum atomic E-state index is -3.32. The molecule has 94 valence electrons. The maximum Gasteiger partial charge on any atom is 0.245 e. The molecule has 0 unspecified atom stereocenters. The molecule has 17 heavy (non-hydrogen) atoms. The highest BCUT2D eigenvalue weighted by molar-refractivity contribution is 7.89. The van der Waals surface area contributed by atoms with Crippen LogP contribution in [0, 0.1) is 0 Å². The van der Waals surface area contributed by atoms with Gasteiger partial charge in [0.1, 0.15) is 4.90 Å². The van der Waals surface area contributed by atoms with Crippen molar-refractivity contribution < 1.29 is 8.42 Å². The van der Waals surface area contributed by atoms with Gasteiger partial charge in [-0.05, 0) is 19.1 Å². The van der Waals surface area contributed by atoms with E-state index in [0.29, 0.717) is 18.0 Å². The second-order valence-corrected chi connectivity index (χ2v) is 5.95. The molecule has 0 aromatic heterocycles. The minimum absolute atomic E-state index is 0.432. The number of hydrogen-bond acceptors (Lipinski definition) is 3. The van der Waals surface area contributed by atoms with Gasteiger partial charge in [0.25, 0.3) is 0 Å². The normalized spacial score (nSPS) is 19.8. The van der Waals surface area contributed by atoms with E-state index < -0.39 is 10.0 Å². The van der Waals surface area contributed by atoms with Gasteiger partial charge in [0.2, 0.25) is 10.0 Å². The number of likely N-dealkylation sites (N-methyl/N-ethyl adjacent to an activating group) is 2. The third-order valence-electron chi connectivity index (χ3n) is 3.18. The number of benzene rings is 1. The number of rotatable bonds is 2. The summed E-state index contributed by atoms with van der Waals surface area (Å²) in [5.41, 5.74) is 0.825. The van der Waals surface area contributed by atoms with Crippen LogP contribution in [-0.2, 0) is 10.0 Å². The van der Waals surface area contributed by atoms with Crippen molar-refractivity contribution in [3.05, 3.63) is 24.3 Å². The van der Waals surface area contributed by atoms with E-state index in [9.17, 15) is 8.42 Å². The maximum atomic E-state index is 12.4. The first kappa shape index (κ1) is 12.4. The molecule has 1 aromatic carbocycles. The van der Waals surface area contributed by atoms with Crippen molar-refractivity contribution >= 4 is 15.7 Å². The van der Waals surface area contributed by atoms with E-state index >= 15 is 0 Å². The van der Waals surface area contributed by atoms with Crippen LogP contribution in [0.2, 0.25) is 0 Å². The number of hydrogen-bond donors (Lipinski definition) is 0. The summed E-state index contributed by atoms with van der Waals surface area (Å²) in [4.78, 5) is 2.55. The van der Waals surface area contributed by atoms with Crippen LogP contribution >= 0.6 is 0 Å². The zero-order chi connectivity index (χ0) is 12.5. The molecular formula is C12H18N2O2S. The molecule has 1 aliphatic rings. The standard InChI is InChI=1S/C12H18N2O2S/c1-3-13-9-10-14(4-2)17(15,16)12-8-6-5-7-11(12)13/h5-8H,3-4,9-10H2,1-2H3. The topological polar surface area (TPSA) is 40.6 Å². The largest absolute Gasteiger partial charge is 0.369 e. The molecular weight excluding hydrogens is 236 g/mol. The summed E-state index contributed by atoms with van der Waals surface area (Å²) in [7, 11) is -3.32. The van der Waals surface area contributed by atoms with E-state index in [4.69, 9.17) is 0 Å². The molecule has 4 nitrogen and oxygen atoms in total. The summed E-state index contributed by atoms with van der Waals surface area (Å²) in [5.74, 6) is 0. The molecule has 0 N–H and O–H groups in total. The van der Waals surface area contributed by atoms with Gasteiger partial charge in [-0.2, -0.15) is 4.31 Å². The lowest BCUT2D eigenvalue weighted by atomic mass is 10.3. The van der Waals surface area contributed by atoms with Gasteiger partial charge < -0.3 is 4.90 Å². The number of para-hydroxylation sites is 1. The molecule has 1 aliphatic heterocycles. The summed E-state index contributed by atoms with van der Waals surface area (Å²) < 4.78 is 26.4. The molecule has 0 radical (unpaired) electrons. The number of sulfonamides is 1. The van der Waals surface area contributed by atoms with Crippen molar-refractivity contribution in [3.8, 4) is 0 Å². The SMILES string of the molecule is CCN1CCN(CC)S(=O)(=O)c2ccccc21. The zero-order valence-corrected chi connectivity index (χ0v) is 11.1. The number of anilines is 1. The molecule has 1 heterocycles. The summed E-state index contributed by atoms with van der Waals surface area (Å²) >= 11 is 0. The first-order valence-electron chi connectivity index (χ1n) is 5.95. The Morgan fingerprint density at radius 3 is 2.47 bits per heavy atom. The minimum Gasteiger partial charge on any atom is -0.369 e. The van der Waals surface area contributed by atoms with Gasteiger partial charge in [0.05, 0.1) is 5.69 Å². The molecule has 5 heteroatoms. The number of nitrogens with zero attached hydrogens (tertiary/aromatic N) is 2. The van der Waals surface area contributed by atoms with Crippen LogP contribution in [0.4, 0.5) is 5.69 Å². The van der Waals surface area contributed by atoms with Crippen LogP contribution in [0.1, 0.15) is 13.8 Å². The van der Waals surface area contributed by atoms with Gasteiger partial charge in [0, 0.05) is 26.2 Å². The fourth-order valence-electron chi connectivity index (χ4n) is 2.21. The predicted octanol–water partition coefficient (Wildman–Crippen LogP) is 1.54. The molecule has 0 aliphatic carbocycles. The molecule has 0 bridgehead atoms. The van der Waals surface area contributed by atoms with Crippen molar-refractivity contribution in [1.82, 2.24) is 4.31 Å². The fourth-order valence-corrected chi connectivity index (χ4v) is 3.86. The van der Waals surface area contributed by atoms with Crippen molar-refractivity contribution in [3.63, 3.8) is 0 Å². The van der Waals surface area contributed by atoms with Crippen molar-refractivity contribution in [2.75, 3.05) is 31.1 Å². The zero-order valence-electron chi connectivity index (χ0n) is 10.3. The predicted molar refractivity (Wildman–Crippen MR) is 68.8 cm³/mol. The quantitative estimate of drug-likeness (QED) is 0.804. The van der Waals surface area contributed by atoms with Crippen LogP contribution in [0.3, 0.4) is 0 Å². The average Bonchev–Trinajstić information content (AvgIpc) is 2.44. The molecule has 0 saturated carbocycles. The smallest absolute Gasteiger partial charge is 0.245 e. The van der Waals surface area contributed by atoms with Crippen LogP contribution in [0.15, 0.2) is 29.2 Å². The summed E-state index contributed by atoms with van der Waals surface area (Å²) in [6, 6.07) is 7.25. The Kier molecular flexibility index (Phi) is 3.40. The van der Waals surface area contributed by atoms with Gasteiger partial charge in [-0.3, -0.25) is 0 Å². The Hall–Kier alpha value is -1.07. The Bertz CT molecular complexity index is 499. The van der Waals surface area contributed by atoms with Crippen LogP contribution in [0.5, 0.6) is 0 Å². The van der Waals surface area contributed by atoms with Gasteiger partial charge >= 0.3 is 0 Å². The Morgan fingerprint density at radius 1 is 1.12 bits per heavy atom. The third kappa shape index (κ3) is 2.05. The van der Waals surface area contributed by atoms with Crippen molar-refractivity contribution in [2.45, 2.75) is 18.7 Å². The summed E-state index contributed by atoms with van der Waals surface area (Å²) in [6.45, 7) is 6.58. The highest BCUT2D eigenvalue weighted by Crippen LogP contribution is 2.30. The monoisotopic (exact) mass is 254 g/mol. The first-order valence-corrected chi connectivity index (χ1v) is 7.39. The summed E-state index contributed by atoms with van der Waals surface area (Å²) in [5, 5.41) is 0. The number of fused-ring (bicyclic) bond motifs is 1. The third-order valence-corrected chi connectivity index (χ3v) is 5.20. The van der Waals surface area contributed by atoms with E-state index in [0.717, 1.165) is 18.8 Å². The van der Waals surface area contributed by atoms with Gasteiger partial charge in [0.15, 0.2) is 0 Å². The first-order chi connectivity index (χ1) is 8.11. The summed E-state index contributed by atoms with van der Waals surface area (Å²) in [6.07, 6.45) is 0. The van der Waals surface area contributed by atoms with Crippen molar-refractivity contribution in [1.29, 1.82) is 0 Å². The lowest BCUT2D eigenvalue weighted by Crippen LogP contribution is -2.34. The highest BCUT2D eigenvalue weighted by Gasteiger charge is 2.30. The molecule has 0 saturated heterocycles. The van der Waals surface area contributed by atoms with Gasteiger partial charge in [-0.15, -0.1) is 0 Å². The second-order valence-electron chi connectivity index (χ2n) is 4.04. The van der Waals surface area contributed by atoms with Gasteiger partial charge in [-0.1, -0.05) is 19.1 Å². The molecule has 0 amide bonds. The van der Waals surface area contributed by atoms with E-state index in [-0.39, 0.29) is 0 Å². The average molecular weight is 254 g/mol. The van der Waals surface area contributed by atoms with E-state index in [1.165, 1.54) is 0 Å². The molecule has 0 atom stereocenters. The van der Waals surface area contributed by atoms with E-state index in [1.54, 1.807) is 16.4 Å². The van der Waals surface area contributed by atoms with Gasteiger partial charge in [-0.25, -0.2) is 8.42 Å². The molecule has 1 aromatic rings.